The Morgan fingerprint density at radius 2 is 1.96 bits per heavy atom. The van der Waals surface area contributed by atoms with Crippen LogP contribution in [0.5, 0.6) is 5.75 Å². The van der Waals surface area contributed by atoms with Gasteiger partial charge in [-0.3, -0.25) is 0 Å². The van der Waals surface area contributed by atoms with Gasteiger partial charge in [-0.15, -0.1) is 0 Å². The Labute approximate surface area is 143 Å². The summed E-state index contributed by atoms with van der Waals surface area (Å²) in [6.45, 7) is 5.59. The first-order valence-corrected chi connectivity index (χ1v) is 8.51. The van der Waals surface area contributed by atoms with Crippen LogP contribution in [0, 0.1) is 6.92 Å². The molecule has 1 N–H and O–H groups in total. The molecule has 23 heavy (non-hydrogen) atoms. The maximum atomic E-state index is 5.89. The van der Waals surface area contributed by atoms with Crippen LogP contribution in [0.25, 0.3) is 0 Å². The largest absolute Gasteiger partial charge is 0.488 e. The molecular weight excluding hydrogens is 310 g/mol. The monoisotopic (exact) mass is 333 g/mol. The van der Waals surface area contributed by atoms with E-state index in [2.05, 4.69) is 34.3 Å². The Morgan fingerprint density at radius 3 is 2.70 bits per heavy atom. The summed E-state index contributed by atoms with van der Waals surface area (Å²) in [6, 6.07) is 7.94. The molecule has 0 aliphatic rings. The van der Waals surface area contributed by atoms with Gasteiger partial charge >= 0.3 is 0 Å². The van der Waals surface area contributed by atoms with E-state index in [1.165, 1.54) is 5.56 Å². The molecule has 0 saturated heterocycles. The molecule has 0 radical (unpaired) electrons. The highest BCUT2D eigenvalue weighted by atomic mass is 35.5. The molecule has 0 spiro atoms. The zero-order valence-corrected chi connectivity index (χ0v) is 14.6. The van der Waals surface area contributed by atoms with Gasteiger partial charge < -0.3 is 10.1 Å². The average molecular weight is 334 g/mol. The lowest BCUT2D eigenvalue weighted by atomic mass is 10.1. The second-order valence-corrected chi connectivity index (χ2v) is 5.93. The number of hydrogen-bond acceptors (Lipinski definition) is 4. The lowest BCUT2D eigenvalue weighted by molar-refractivity contribution is 0.310. The van der Waals surface area contributed by atoms with Crippen LogP contribution in [0.3, 0.4) is 0 Å². The Bertz CT molecular complexity index is 602. The molecule has 4 nitrogen and oxygen atoms in total. The zero-order valence-electron chi connectivity index (χ0n) is 13.8. The summed E-state index contributed by atoms with van der Waals surface area (Å²) in [7, 11) is 0. The number of anilines is 1. The average Bonchev–Trinajstić information content (AvgIpc) is 2.55. The lowest BCUT2D eigenvalue weighted by Gasteiger charge is -2.12. The van der Waals surface area contributed by atoms with Crippen LogP contribution in [0.2, 0.25) is 5.02 Å². The molecule has 1 aromatic heterocycles. The summed E-state index contributed by atoms with van der Waals surface area (Å²) >= 11 is 5.89. The van der Waals surface area contributed by atoms with Gasteiger partial charge in [0.25, 0.3) is 0 Å². The predicted octanol–water partition coefficient (Wildman–Crippen LogP) is 4.66. The highest BCUT2D eigenvalue weighted by Crippen LogP contribution is 2.21. The third kappa shape index (κ3) is 6.06. The highest BCUT2D eigenvalue weighted by Gasteiger charge is 2.06. The van der Waals surface area contributed by atoms with Crippen molar-refractivity contribution < 1.29 is 4.74 Å². The van der Waals surface area contributed by atoms with E-state index >= 15 is 0 Å². The highest BCUT2D eigenvalue weighted by molar-refractivity contribution is 6.30. The molecule has 0 amide bonds. The number of ether oxygens (including phenoxy) is 1. The van der Waals surface area contributed by atoms with Gasteiger partial charge in [-0.05, 0) is 43.9 Å². The van der Waals surface area contributed by atoms with Crippen LogP contribution in [0.4, 0.5) is 5.82 Å². The molecule has 0 unspecified atom stereocenters. The standard InChI is InChI=1S/C18H24ClN3O/c1-3-4-11-20-18-17(13-21-14(2)22-18)23-12-5-6-15-7-9-16(19)10-8-15/h7-10,13H,3-6,11-12H2,1-2H3,(H,20,21,22). The van der Waals surface area contributed by atoms with Crippen molar-refractivity contribution in [2.24, 2.45) is 0 Å². The third-order valence-corrected chi connectivity index (χ3v) is 3.73. The topological polar surface area (TPSA) is 47.0 Å². The minimum absolute atomic E-state index is 0.636. The molecule has 1 aromatic carbocycles. The van der Waals surface area contributed by atoms with Crippen molar-refractivity contribution in [3.05, 3.63) is 46.9 Å². The number of benzene rings is 1. The van der Waals surface area contributed by atoms with E-state index in [9.17, 15) is 0 Å². The second kappa shape index (κ2) is 9.36. The maximum Gasteiger partial charge on any atom is 0.179 e. The van der Waals surface area contributed by atoms with E-state index in [4.69, 9.17) is 16.3 Å². The predicted molar refractivity (Wildman–Crippen MR) is 95.4 cm³/mol. The summed E-state index contributed by atoms with van der Waals surface area (Å²) in [5, 5.41) is 4.10. The minimum atomic E-state index is 0.636. The first-order chi connectivity index (χ1) is 11.2. The van der Waals surface area contributed by atoms with Crippen molar-refractivity contribution >= 4 is 17.4 Å². The van der Waals surface area contributed by atoms with Gasteiger partial charge in [0.05, 0.1) is 12.8 Å². The molecule has 1 heterocycles. The summed E-state index contributed by atoms with van der Waals surface area (Å²) in [4.78, 5) is 8.65. The summed E-state index contributed by atoms with van der Waals surface area (Å²) in [6.07, 6.45) is 5.90. The number of nitrogens with one attached hydrogen (secondary N) is 1. The Balaban J connectivity index is 1.83. The fourth-order valence-corrected chi connectivity index (χ4v) is 2.31. The maximum absolute atomic E-state index is 5.89. The van der Waals surface area contributed by atoms with Gasteiger partial charge in [0.2, 0.25) is 0 Å². The lowest BCUT2D eigenvalue weighted by Crippen LogP contribution is -2.08. The minimum Gasteiger partial charge on any atom is -0.488 e. The third-order valence-electron chi connectivity index (χ3n) is 3.48. The fourth-order valence-electron chi connectivity index (χ4n) is 2.18. The molecule has 2 rings (SSSR count). The van der Waals surface area contributed by atoms with Gasteiger partial charge in [-0.25, -0.2) is 9.97 Å². The van der Waals surface area contributed by atoms with E-state index in [0.29, 0.717) is 6.61 Å². The van der Waals surface area contributed by atoms with Gasteiger partial charge in [0.1, 0.15) is 5.82 Å². The van der Waals surface area contributed by atoms with Crippen LogP contribution >= 0.6 is 11.6 Å². The Morgan fingerprint density at radius 1 is 1.17 bits per heavy atom. The molecule has 5 heteroatoms. The van der Waals surface area contributed by atoms with E-state index < -0.39 is 0 Å². The number of aromatic nitrogens is 2. The molecule has 0 atom stereocenters. The van der Waals surface area contributed by atoms with E-state index in [0.717, 1.165) is 54.6 Å². The van der Waals surface area contributed by atoms with Crippen LogP contribution in [0.15, 0.2) is 30.5 Å². The van der Waals surface area contributed by atoms with E-state index in [1.54, 1.807) is 6.20 Å². The van der Waals surface area contributed by atoms with Crippen molar-refractivity contribution in [3.63, 3.8) is 0 Å². The van der Waals surface area contributed by atoms with Crippen molar-refractivity contribution in [2.75, 3.05) is 18.5 Å². The van der Waals surface area contributed by atoms with Crippen molar-refractivity contribution in [1.82, 2.24) is 9.97 Å². The molecule has 2 aromatic rings. The van der Waals surface area contributed by atoms with Gasteiger partial charge in [-0.1, -0.05) is 37.1 Å². The van der Waals surface area contributed by atoms with Gasteiger partial charge in [0.15, 0.2) is 11.6 Å². The Hall–Kier alpha value is -1.81. The smallest absolute Gasteiger partial charge is 0.179 e. The van der Waals surface area contributed by atoms with Crippen LogP contribution in [0.1, 0.15) is 37.6 Å². The SMILES string of the molecule is CCCCNc1nc(C)ncc1OCCCc1ccc(Cl)cc1. The molecule has 0 aliphatic carbocycles. The molecule has 124 valence electrons. The summed E-state index contributed by atoms with van der Waals surface area (Å²) in [5.41, 5.74) is 1.26. The van der Waals surface area contributed by atoms with Crippen LogP contribution in [-0.2, 0) is 6.42 Å². The first kappa shape index (κ1) is 17.5. The molecule has 0 aliphatic heterocycles. The molecule has 0 bridgehead atoms. The Kier molecular flexibility index (Phi) is 7.14. The number of unbranched alkanes of at least 4 members (excludes halogenated alkanes) is 1. The van der Waals surface area contributed by atoms with Gasteiger partial charge in [0, 0.05) is 11.6 Å². The molecular formula is C18H24ClN3O. The first-order valence-electron chi connectivity index (χ1n) is 8.14. The quantitative estimate of drug-likeness (QED) is 0.678. The normalized spacial score (nSPS) is 10.6. The molecule has 0 fully saturated rings. The number of halogens is 1. The van der Waals surface area contributed by atoms with Gasteiger partial charge in [-0.2, -0.15) is 0 Å². The van der Waals surface area contributed by atoms with Crippen LogP contribution < -0.4 is 10.1 Å². The second-order valence-electron chi connectivity index (χ2n) is 5.49. The summed E-state index contributed by atoms with van der Waals surface area (Å²) in [5.74, 6) is 2.26. The summed E-state index contributed by atoms with van der Waals surface area (Å²) < 4.78 is 5.85. The van der Waals surface area contributed by atoms with Crippen molar-refractivity contribution in [1.29, 1.82) is 0 Å². The van der Waals surface area contributed by atoms with E-state index in [-0.39, 0.29) is 0 Å². The van der Waals surface area contributed by atoms with Crippen LogP contribution in [-0.4, -0.2) is 23.1 Å². The fraction of sp³-hybridized carbons (Fsp3) is 0.444. The number of hydrogen-bond donors (Lipinski definition) is 1. The van der Waals surface area contributed by atoms with Crippen molar-refractivity contribution in [2.45, 2.75) is 39.5 Å². The zero-order chi connectivity index (χ0) is 16.5. The van der Waals surface area contributed by atoms with E-state index in [1.807, 2.05) is 19.1 Å². The van der Waals surface area contributed by atoms with Crippen molar-refractivity contribution in [3.8, 4) is 5.75 Å². The number of rotatable bonds is 9. The number of aryl methyl sites for hydroxylation is 2. The molecule has 0 saturated carbocycles. The number of nitrogens with zero attached hydrogens (tertiary/aromatic N) is 2.